The van der Waals surface area contributed by atoms with Crippen LogP contribution < -0.4 is 10.2 Å². The SMILES string of the molecule is C[C@@H](Sc1nnc(N2CCOCC2)n1Cc1ccccc1)C(=O)Nc1ccccc1-c1ccccc1. The van der Waals surface area contributed by atoms with Gasteiger partial charge in [0.25, 0.3) is 0 Å². The molecule has 7 nitrogen and oxygen atoms in total. The van der Waals surface area contributed by atoms with Crippen LogP contribution in [0.25, 0.3) is 11.1 Å². The first-order valence-electron chi connectivity index (χ1n) is 12.1. The lowest BCUT2D eigenvalue weighted by Crippen LogP contribution is -2.38. The summed E-state index contributed by atoms with van der Waals surface area (Å²) in [6.45, 7) is 5.41. The maximum Gasteiger partial charge on any atom is 0.237 e. The lowest BCUT2D eigenvalue weighted by molar-refractivity contribution is -0.115. The van der Waals surface area contributed by atoms with E-state index in [0.29, 0.717) is 19.8 Å². The van der Waals surface area contributed by atoms with Gasteiger partial charge in [-0.25, -0.2) is 0 Å². The zero-order chi connectivity index (χ0) is 24.7. The number of para-hydroxylation sites is 1. The average Bonchev–Trinajstić information content (AvgIpc) is 3.32. The minimum Gasteiger partial charge on any atom is -0.378 e. The molecule has 0 aliphatic carbocycles. The van der Waals surface area contributed by atoms with Crippen LogP contribution in [-0.2, 0) is 16.1 Å². The Balaban J connectivity index is 1.36. The molecule has 1 aliphatic heterocycles. The van der Waals surface area contributed by atoms with E-state index in [1.54, 1.807) is 0 Å². The molecule has 0 unspecified atom stereocenters. The number of carbonyl (C=O) groups is 1. The summed E-state index contributed by atoms with van der Waals surface area (Å²) < 4.78 is 7.63. The first-order valence-corrected chi connectivity index (χ1v) is 13.0. The molecule has 1 fully saturated rings. The van der Waals surface area contributed by atoms with Crippen LogP contribution in [0.3, 0.4) is 0 Å². The molecule has 0 saturated carbocycles. The minimum atomic E-state index is -0.370. The summed E-state index contributed by atoms with van der Waals surface area (Å²) in [4.78, 5) is 15.5. The number of ether oxygens (including phenoxy) is 1. The maximum atomic E-state index is 13.3. The van der Waals surface area contributed by atoms with Gasteiger partial charge >= 0.3 is 0 Å². The van der Waals surface area contributed by atoms with Gasteiger partial charge in [0, 0.05) is 24.3 Å². The van der Waals surface area contributed by atoms with Crippen molar-refractivity contribution in [3.63, 3.8) is 0 Å². The second-order valence-corrected chi connectivity index (χ2v) is 9.92. The fourth-order valence-electron chi connectivity index (χ4n) is 4.18. The van der Waals surface area contributed by atoms with Crippen molar-refractivity contribution in [3.8, 4) is 11.1 Å². The Morgan fingerprint density at radius 3 is 2.36 bits per heavy atom. The molecule has 1 saturated heterocycles. The van der Waals surface area contributed by atoms with Gasteiger partial charge in [-0.3, -0.25) is 9.36 Å². The van der Waals surface area contributed by atoms with E-state index in [1.165, 1.54) is 11.8 Å². The number of nitrogens with zero attached hydrogens (tertiary/aromatic N) is 4. The Kier molecular flexibility index (Phi) is 7.64. The first-order chi connectivity index (χ1) is 17.7. The predicted octanol–water partition coefficient (Wildman–Crippen LogP) is 4.95. The number of nitrogens with one attached hydrogen (secondary N) is 1. The highest BCUT2D eigenvalue weighted by atomic mass is 32.2. The number of morpholine rings is 1. The third-order valence-corrected chi connectivity index (χ3v) is 7.18. The van der Waals surface area contributed by atoms with E-state index in [1.807, 2.05) is 79.7 Å². The van der Waals surface area contributed by atoms with Crippen LogP contribution >= 0.6 is 11.8 Å². The van der Waals surface area contributed by atoms with Gasteiger partial charge in [0.1, 0.15) is 0 Å². The quantitative estimate of drug-likeness (QED) is 0.346. The zero-order valence-electron chi connectivity index (χ0n) is 20.2. The van der Waals surface area contributed by atoms with Crippen molar-refractivity contribution in [1.82, 2.24) is 14.8 Å². The van der Waals surface area contributed by atoms with Crippen molar-refractivity contribution < 1.29 is 9.53 Å². The second kappa shape index (κ2) is 11.4. The van der Waals surface area contributed by atoms with Crippen LogP contribution in [0.15, 0.2) is 90.1 Å². The van der Waals surface area contributed by atoms with Gasteiger partial charge in [-0.2, -0.15) is 0 Å². The molecule has 36 heavy (non-hydrogen) atoms. The molecule has 8 heteroatoms. The van der Waals surface area contributed by atoms with Gasteiger partial charge in [-0.1, -0.05) is 90.6 Å². The van der Waals surface area contributed by atoms with Gasteiger partial charge in [-0.15, -0.1) is 10.2 Å². The van der Waals surface area contributed by atoms with Gasteiger partial charge < -0.3 is 15.0 Å². The molecule has 0 bridgehead atoms. The summed E-state index contributed by atoms with van der Waals surface area (Å²) >= 11 is 1.42. The summed E-state index contributed by atoms with van der Waals surface area (Å²) in [7, 11) is 0. The van der Waals surface area contributed by atoms with Gasteiger partial charge in [0.15, 0.2) is 5.16 Å². The number of benzene rings is 3. The normalized spacial score (nSPS) is 14.4. The molecule has 0 spiro atoms. The van der Waals surface area contributed by atoms with Crippen molar-refractivity contribution in [2.24, 2.45) is 0 Å². The number of carbonyl (C=O) groups excluding carboxylic acids is 1. The largest absolute Gasteiger partial charge is 0.378 e. The van der Waals surface area contributed by atoms with Crippen molar-refractivity contribution in [1.29, 1.82) is 0 Å². The van der Waals surface area contributed by atoms with E-state index in [0.717, 1.165) is 46.6 Å². The molecule has 1 N–H and O–H groups in total. The van der Waals surface area contributed by atoms with Gasteiger partial charge in [-0.05, 0) is 24.1 Å². The molecule has 2 heterocycles. The number of rotatable bonds is 8. The first kappa shape index (κ1) is 24.1. The lowest BCUT2D eigenvalue weighted by Gasteiger charge is -2.28. The van der Waals surface area contributed by atoms with E-state index in [4.69, 9.17) is 4.74 Å². The molecular formula is C28H29N5O2S. The third-order valence-electron chi connectivity index (χ3n) is 6.10. The summed E-state index contributed by atoms with van der Waals surface area (Å²) in [6.07, 6.45) is 0. The summed E-state index contributed by atoms with van der Waals surface area (Å²) in [5.74, 6) is 0.734. The smallest absolute Gasteiger partial charge is 0.237 e. The van der Waals surface area contributed by atoms with Crippen molar-refractivity contribution in [2.75, 3.05) is 36.5 Å². The Labute approximate surface area is 215 Å². The topological polar surface area (TPSA) is 72.3 Å². The molecule has 184 valence electrons. The highest BCUT2D eigenvalue weighted by molar-refractivity contribution is 8.00. The second-order valence-electron chi connectivity index (χ2n) is 8.61. The number of hydrogen-bond donors (Lipinski definition) is 1. The molecule has 0 radical (unpaired) electrons. The highest BCUT2D eigenvalue weighted by Crippen LogP contribution is 2.30. The molecule has 5 rings (SSSR count). The molecule has 1 amide bonds. The van der Waals surface area contributed by atoms with Crippen LogP contribution in [0.1, 0.15) is 12.5 Å². The average molecular weight is 500 g/mol. The molecule has 1 aromatic heterocycles. The predicted molar refractivity (Wildman–Crippen MR) is 144 cm³/mol. The third kappa shape index (κ3) is 5.61. The number of anilines is 2. The van der Waals surface area contributed by atoms with Gasteiger partial charge in [0.2, 0.25) is 11.9 Å². The summed E-state index contributed by atoms with van der Waals surface area (Å²) in [5, 5.41) is 12.5. The van der Waals surface area contributed by atoms with Crippen LogP contribution in [-0.4, -0.2) is 52.2 Å². The van der Waals surface area contributed by atoms with Crippen LogP contribution in [0.5, 0.6) is 0 Å². The number of hydrogen-bond acceptors (Lipinski definition) is 6. The molecule has 1 atom stereocenters. The number of thioether (sulfide) groups is 1. The lowest BCUT2D eigenvalue weighted by atomic mass is 10.0. The Hall–Kier alpha value is -3.62. The van der Waals surface area contributed by atoms with Crippen molar-refractivity contribution >= 4 is 29.3 Å². The van der Waals surface area contributed by atoms with Crippen molar-refractivity contribution in [2.45, 2.75) is 23.9 Å². The van der Waals surface area contributed by atoms with Gasteiger partial charge in [0.05, 0.1) is 25.0 Å². The Morgan fingerprint density at radius 2 is 1.61 bits per heavy atom. The minimum absolute atomic E-state index is 0.0782. The van der Waals surface area contributed by atoms with Crippen LogP contribution in [0.2, 0.25) is 0 Å². The maximum absolute atomic E-state index is 13.3. The zero-order valence-corrected chi connectivity index (χ0v) is 21.0. The highest BCUT2D eigenvalue weighted by Gasteiger charge is 2.24. The monoisotopic (exact) mass is 499 g/mol. The standard InChI is InChI=1S/C28H29N5O2S/c1-21(26(34)29-25-15-9-8-14-24(25)23-12-6-3-7-13-23)36-28-31-30-27(32-16-18-35-19-17-32)33(28)20-22-10-4-2-5-11-22/h2-15,21H,16-20H2,1H3,(H,29,34)/t21-/m1/s1. The number of aromatic nitrogens is 3. The van der Waals surface area contributed by atoms with E-state index in [-0.39, 0.29) is 11.2 Å². The summed E-state index contributed by atoms with van der Waals surface area (Å²) in [5.41, 5.74) is 4.00. The van der Waals surface area contributed by atoms with E-state index < -0.39 is 0 Å². The fourth-order valence-corrected chi connectivity index (χ4v) is 5.02. The number of amides is 1. The molecule has 1 aliphatic rings. The van der Waals surface area contributed by atoms with E-state index >= 15 is 0 Å². The summed E-state index contributed by atoms with van der Waals surface area (Å²) in [6, 6.07) is 28.2. The van der Waals surface area contributed by atoms with Crippen LogP contribution in [0, 0.1) is 0 Å². The Bertz CT molecular complexity index is 1290. The van der Waals surface area contributed by atoms with E-state index in [2.05, 4.69) is 37.1 Å². The molecule has 4 aromatic rings. The fraction of sp³-hybridized carbons (Fsp3) is 0.250. The molecular weight excluding hydrogens is 470 g/mol. The van der Waals surface area contributed by atoms with Crippen LogP contribution in [0.4, 0.5) is 11.6 Å². The van der Waals surface area contributed by atoms with E-state index in [9.17, 15) is 4.79 Å². The van der Waals surface area contributed by atoms with Crippen molar-refractivity contribution in [3.05, 3.63) is 90.5 Å². The Morgan fingerprint density at radius 1 is 0.944 bits per heavy atom. The molecule has 3 aromatic carbocycles.